The predicted molar refractivity (Wildman–Crippen MR) is 126 cm³/mol. The largest absolute Gasteiger partial charge is 0.466 e. The van der Waals surface area contributed by atoms with E-state index in [9.17, 15) is 19.2 Å². The molecule has 0 aliphatic rings. The van der Waals surface area contributed by atoms with Gasteiger partial charge in [-0.05, 0) is 41.0 Å². The molecule has 0 aromatic heterocycles. The van der Waals surface area contributed by atoms with Crippen LogP contribution in [0.4, 0.5) is 0 Å². The van der Waals surface area contributed by atoms with Gasteiger partial charge in [0.2, 0.25) is 0 Å². The first kappa shape index (κ1) is 36.2. The van der Waals surface area contributed by atoms with Gasteiger partial charge in [0, 0.05) is 22.8 Å². The van der Waals surface area contributed by atoms with Crippen molar-refractivity contribution < 1.29 is 38.1 Å². The molecule has 0 saturated carbocycles. The maximum Gasteiger partial charge on any atom is 0.333 e. The van der Waals surface area contributed by atoms with Crippen molar-refractivity contribution in [3.05, 3.63) is 49.1 Å². The molecule has 0 spiro atoms. The van der Waals surface area contributed by atoms with Gasteiger partial charge in [-0.3, -0.25) is 0 Å². The van der Waals surface area contributed by atoms with Crippen LogP contribution in [0.1, 0.15) is 54.4 Å². The Labute approximate surface area is 192 Å². The van der Waals surface area contributed by atoms with Crippen molar-refractivity contribution in [3.63, 3.8) is 0 Å². The molecule has 0 saturated heterocycles. The molecular weight excluding hydrogens is 416 g/mol. The summed E-state index contributed by atoms with van der Waals surface area (Å²) in [6.45, 7) is 25.2. The standard InChI is InChI=1S/C8H14O2.C6H10O2.2C5H8O2/c1-4-5-6-10-8(9)7(2)3;1-4-8-6(7)5(2)3;1-4(2)5(6)7-3;1-3-5(6)7-4-2/h2,4-6H2,1,3H3;2,4H2,1,3H3;1H2,2-3H3;3H,1,4H2,2H3. The minimum absolute atomic E-state index is 0.284. The quantitative estimate of drug-likeness (QED) is 0.216. The second-order valence-corrected chi connectivity index (χ2v) is 6.00. The lowest BCUT2D eigenvalue weighted by Gasteiger charge is -2.01. The molecule has 0 bridgehead atoms. The number of hydrogen-bond acceptors (Lipinski definition) is 8. The molecule has 0 amide bonds. The fourth-order valence-corrected chi connectivity index (χ4v) is 1.06. The van der Waals surface area contributed by atoms with Crippen LogP contribution >= 0.6 is 0 Å². The Morgan fingerprint density at radius 2 is 1.12 bits per heavy atom. The van der Waals surface area contributed by atoms with Crippen molar-refractivity contribution in [2.45, 2.75) is 54.4 Å². The number of carbonyl (C=O) groups excluding carboxylic acids is 4. The Morgan fingerprint density at radius 3 is 1.31 bits per heavy atom. The maximum atomic E-state index is 10.7. The molecule has 0 aliphatic heterocycles. The highest BCUT2D eigenvalue weighted by Gasteiger charge is 2.00. The lowest BCUT2D eigenvalue weighted by Crippen LogP contribution is -2.05. The van der Waals surface area contributed by atoms with Crippen LogP contribution in [0, 0.1) is 0 Å². The van der Waals surface area contributed by atoms with Gasteiger partial charge in [0.05, 0.1) is 26.9 Å². The van der Waals surface area contributed by atoms with E-state index in [1.807, 2.05) is 0 Å². The van der Waals surface area contributed by atoms with Crippen LogP contribution in [0.5, 0.6) is 0 Å². The van der Waals surface area contributed by atoms with Crippen molar-refractivity contribution in [2.24, 2.45) is 0 Å². The summed E-state index contributed by atoms with van der Waals surface area (Å²) in [5.74, 6) is -1.30. The molecule has 0 aliphatic carbocycles. The molecule has 184 valence electrons. The fourth-order valence-electron chi connectivity index (χ4n) is 1.06. The molecule has 32 heavy (non-hydrogen) atoms. The van der Waals surface area contributed by atoms with E-state index in [1.54, 1.807) is 34.6 Å². The third-order valence-corrected chi connectivity index (χ3v) is 2.69. The molecule has 0 rings (SSSR count). The average Bonchev–Trinajstić information content (AvgIpc) is 2.74. The van der Waals surface area contributed by atoms with E-state index in [0.717, 1.165) is 18.9 Å². The van der Waals surface area contributed by atoms with E-state index in [4.69, 9.17) is 4.74 Å². The van der Waals surface area contributed by atoms with Crippen LogP contribution in [-0.4, -0.2) is 50.8 Å². The minimum atomic E-state index is -0.359. The predicted octanol–water partition coefficient (Wildman–Crippen LogP) is 4.50. The first-order valence-electron chi connectivity index (χ1n) is 10.0. The first-order chi connectivity index (χ1) is 14.9. The summed E-state index contributed by atoms with van der Waals surface area (Å²) in [5, 5.41) is 0. The van der Waals surface area contributed by atoms with Crippen molar-refractivity contribution in [1.82, 2.24) is 0 Å². The number of unbranched alkanes of at least 4 members (excludes halogenated alkanes) is 1. The lowest BCUT2D eigenvalue weighted by atomic mass is 10.3. The van der Waals surface area contributed by atoms with E-state index < -0.39 is 0 Å². The van der Waals surface area contributed by atoms with Gasteiger partial charge in [-0.15, -0.1) is 0 Å². The Balaban J connectivity index is -0.000000165. The van der Waals surface area contributed by atoms with Gasteiger partial charge in [-0.2, -0.15) is 0 Å². The first-order valence-corrected chi connectivity index (χ1v) is 10.0. The van der Waals surface area contributed by atoms with E-state index in [0.29, 0.717) is 36.5 Å². The van der Waals surface area contributed by atoms with Crippen LogP contribution in [0.15, 0.2) is 49.1 Å². The Morgan fingerprint density at radius 1 is 0.719 bits per heavy atom. The Kier molecular flexibility index (Phi) is 29.3. The average molecular weight is 457 g/mol. The normalized spacial score (nSPS) is 8.22. The number of rotatable bonds is 9. The van der Waals surface area contributed by atoms with Crippen molar-refractivity contribution in [3.8, 4) is 0 Å². The third kappa shape index (κ3) is 31.5. The van der Waals surface area contributed by atoms with Crippen LogP contribution in [0.3, 0.4) is 0 Å². The molecule has 0 fully saturated rings. The Hall–Kier alpha value is -3.16. The van der Waals surface area contributed by atoms with E-state index in [2.05, 4.69) is 47.5 Å². The maximum absolute atomic E-state index is 10.7. The summed E-state index contributed by atoms with van der Waals surface area (Å²) in [5.41, 5.74) is 1.35. The molecule has 8 heteroatoms. The van der Waals surface area contributed by atoms with Crippen LogP contribution in [0.25, 0.3) is 0 Å². The van der Waals surface area contributed by atoms with Gasteiger partial charge in [0.25, 0.3) is 0 Å². The number of carbonyl (C=O) groups is 4. The lowest BCUT2D eigenvalue weighted by molar-refractivity contribution is -0.139. The molecule has 8 nitrogen and oxygen atoms in total. The summed E-state index contributed by atoms with van der Waals surface area (Å²) in [7, 11) is 1.33. The molecule has 0 aromatic carbocycles. The van der Waals surface area contributed by atoms with Gasteiger partial charge < -0.3 is 18.9 Å². The van der Waals surface area contributed by atoms with Crippen LogP contribution < -0.4 is 0 Å². The van der Waals surface area contributed by atoms with Gasteiger partial charge in [0.15, 0.2) is 0 Å². The zero-order valence-corrected chi connectivity index (χ0v) is 20.7. The topological polar surface area (TPSA) is 105 Å². The highest BCUT2D eigenvalue weighted by atomic mass is 16.5. The fraction of sp³-hybridized carbons (Fsp3) is 0.500. The van der Waals surface area contributed by atoms with E-state index >= 15 is 0 Å². The van der Waals surface area contributed by atoms with Gasteiger partial charge >= 0.3 is 23.9 Å². The zero-order chi connectivity index (χ0) is 26.1. The smallest absolute Gasteiger partial charge is 0.333 e. The van der Waals surface area contributed by atoms with Crippen LogP contribution in [-0.2, 0) is 38.1 Å². The van der Waals surface area contributed by atoms with Gasteiger partial charge in [-0.1, -0.05) is 39.7 Å². The SMILES string of the molecule is C=C(C)C(=O)OC.C=C(C)C(=O)OCC.C=C(C)C(=O)OCCCC.C=CC(=O)OCC. The monoisotopic (exact) mass is 456 g/mol. The van der Waals surface area contributed by atoms with Gasteiger partial charge in [-0.25, -0.2) is 19.2 Å². The summed E-state index contributed by atoms with van der Waals surface area (Å²) >= 11 is 0. The number of hydrogen-bond donors (Lipinski definition) is 0. The number of methoxy groups -OCH3 is 1. The summed E-state index contributed by atoms with van der Waals surface area (Å²) in [6.07, 6.45) is 3.12. The molecule has 0 aromatic rings. The molecular formula is C24H40O8. The summed E-state index contributed by atoms with van der Waals surface area (Å²) < 4.78 is 18.1. The highest BCUT2D eigenvalue weighted by molar-refractivity contribution is 5.87. The number of ether oxygens (including phenoxy) is 4. The Bertz CT molecular complexity index is 615. The van der Waals surface area contributed by atoms with E-state index in [1.165, 1.54) is 7.11 Å². The summed E-state index contributed by atoms with van der Waals surface area (Å²) in [4.78, 5) is 41.4. The minimum Gasteiger partial charge on any atom is -0.466 e. The zero-order valence-electron chi connectivity index (χ0n) is 20.7. The molecule has 0 N–H and O–H groups in total. The second-order valence-electron chi connectivity index (χ2n) is 6.00. The van der Waals surface area contributed by atoms with Gasteiger partial charge in [0.1, 0.15) is 0 Å². The molecule has 0 unspecified atom stereocenters. The highest BCUT2D eigenvalue weighted by Crippen LogP contribution is 1.94. The van der Waals surface area contributed by atoms with Crippen molar-refractivity contribution >= 4 is 23.9 Å². The number of esters is 4. The molecule has 0 radical (unpaired) electrons. The second kappa shape index (κ2) is 25.9. The van der Waals surface area contributed by atoms with E-state index in [-0.39, 0.29) is 23.9 Å². The third-order valence-electron chi connectivity index (χ3n) is 2.69. The summed E-state index contributed by atoms with van der Waals surface area (Å²) in [6, 6.07) is 0. The van der Waals surface area contributed by atoms with Crippen LogP contribution in [0.2, 0.25) is 0 Å². The molecule has 0 atom stereocenters. The molecule has 0 heterocycles. The van der Waals surface area contributed by atoms with Crippen molar-refractivity contribution in [2.75, 3.05) is 26.9 Å². The van der Waals surface area contributed by atoms with Crippen molar-refractivity contribution in [1.29, 1.82) is 0 Å².